The van der Waals surface area contributed by atoms with Crippen molar-refractivity contribution in [3.8, 4) is 5.75 Å². The molecule has 2 heterocycles. The van der Waals surface area contributed by atoms with E-state index in [0.29, 0.717) is 5.95 Å². The molecule has 23 heavy (non-hydrogen) atoms. The number of ether oxygens (including phenoxy) is 1. The monoisotopic (exact) mass is 305 g/mol. The molecule has 0 bridgehead atoms. The number of para-hydroxylation sites is 2. The first kappa shape index (κ1) is 13.4. The first-order chi connectivity index (χ1) is 11.3. The van der Waals surface area contributed by atoms with Crippen LogP contribution in [0.25, 0.3) is 21.9 Å². The Kier molecular flexibility index (Phi) is 3.20. The van der Waals surface area contributed by atoms with Gasteiger partial charge in [-0.05, 0) is 30.3 Å². The maximum atomic E-state index is 5.27. The van der Waals surface area contributed by atoms with Crippen LogP contribution in [-0.4, -0.2) is 28.3 Å². The lowest BCUT2D eigenvalue weighted by molar-refractivity contribution is 0.415. The maximum Gasteiger partial charge on any atom is 0.222 e. The van der Waals surface area contributed by atoms with Gasteiger partial charge in [0.2, 0.25) is 5.95 Å². The number of benzene rings is 2. The van der Waals surface area contributed by atoms with E-state index in [1.165, 1.54) is 0 Å². The Morgan fingerprint density at radius 1 is 1.17 bits per heavy atom. The van der Waals surface area contributed by atoms with Crippen LogP contribution in [0.15, 0.2) is 53.8 Å². The van der Waals surface area contributed by atoms with Crippen LogP contribution in [0.5, 0.6) is 5.75 Å². The van der Waals surface area contributed by atoms with E-state index in [2.05, 4.69) is 25.5 Å². The van der Waals surface area contributed by atoms with Gasteiger partial charge in [0, 0.05) is 22.7 Å². The van der Waals surface area contributed by atoms with Crippen LogP contribution in [-0.2, 0) is 0 Å². The summed E-state index contributed by atoms with van der Waals surface area (Å²) in [7, 11) is 1.66. The number of fused-ring (bicyclic) bond motifs is 2. The van der Waals surface area contributed by atoms with Crippen LogP contribution < -0.4 is 10.2 Å². The molecule has 0 saturated carbocycles. The number of anilines is 1. The van der Waals surface area contributed by atoms with Crippen LogP contribution in [0.2, 0.25) is 0 Å². The van der Waals surface area contributed by atoms with Crippen molar-refractivity contribution < 1.29 is 4.74 Å². The zero-order valence-corrected chi connectivity index (χ0v) is 12.5. The van der Waals surface area contributed by atoms with Gasteiger partial charge in [0.1, 0.15) is 5.75 Å². The van der Waals surface area contributed by atoms with Crippen molar-refractivity contribution in [3.63, 3.8) is 0 Å². The van der Waals surface area contributed by atoms with Crippen LogP contribution in [0.4, 0.5) is 5.95 Å². The van der Waals surface area contributed by atoms with Crippen LogP contribution in [0, 0.1) is 0 Å². The molecule has 2 aromatic carbocycles. The Bertz CT molecular complexity index is 965. The normalized spacial score (nSPS) is 11.5. The molecule has 0 aliphatic rings. The minimum absolute atomic E-state index is 0.611. The molecule has 2 aromatic heterocycles. The topological polar surface area (TPSA) is 78.1 Å². The first-order valence-electron chi connectivity index (χ1n) is 7.22. The minimum Gasteiger partial charge on any atom is -0.497 e. The highest BCUT2D eigenvalue weighted by Gasteiger charge is 2.03. The Labute approximate surface area is 132 Å². The number of aromatic nitrogens is 3. The second-order valence-corrected chi connectivity index (χ2v) is 5.13. The Morgan fingerprint density at radius 3 is 2.96 bits per heavy atom. The lowest BCUT2D eigenvalue weighted by Gasteiger charge is -1.99. The number of H-pyrrole nitrogens is 2. The highest BCUT2D eigenvalue weighted by molar-refractivity contribution is 5.99. The fourth-order valence-corrected chi connectivity index (χ4v) is 2.52. The van der Waals surface area contributed by atoms with E-state index < -0.39 is 0 Å². The summed E-state index contributed by atoms with van der Waals surface area (Å²) in [4.78, 5) is 10.8. The van der Waals surface area contributed by atoms with Crippen LogP contribution in [0.3, 0.4) is 0 Å². The summed E-state index contributed by atoms with van der Waals surface area (Å²) in [5, 5.41) is 5.31. The van der Waals surface area contributed by atoms with Gasteiger partial charge >= 0.3 is 0 Å². The highest BCUT2D eigenvalue weighted by Crippen LogP contribution is 2.22. The molecule has 0 aliphatic carbocycles. The Morgan fingerprint density at radius 2 is 2.09 bits per heavy atom. The summed E-state index contributed by atoms with van der Waals surface area (Å²) in [6, 6.07) is 13.7. The standard InChI is InChI=1S/C17H15N5O/c1-23-12-6-7-14-13(8-12)11(9-18-14)10-19-22-17-20-15-4-2-3-5-16(15)21-17/h2-10,18H,1H3,(H2,20,21,22). The van der Waals surface area contributed by atoms with Crippen molar-refractivity contribution in [1.29, 1.82) is 0 Å². The largest absolute Gasteiger partial charge is 0.497 e. The summed E-state index contributed by atoms with van der Waals surface area (Å²) in [5.41, 5.74) is 6.81. The van der Waals surface area contributed by atoms with E-state index in [4.69, 9.17) is 4.74 Å². The number of aromatic amines is 2. The number of hydrogen-bond acceptors (Lipinski definition) is 4. The molecule has 0 unspecified atom stereocenters. The van der Waals surface area contributed by atoms with Gasteiger partial charge in [0.05, 0.1) is 24.4 Å². The predicted molar refractivity (Wildman–Crippen MR) is 92.2 cm³/mol. The van der Waals surface area contributed by atoms with Crippen molar-refractivity contribution in [1.82, 2.24) is 15.0 Å². The van der Waals surface area contributed by atoms with E-state index in [1.807, 2.05) is 48.7 Å². The Hall–Kier alpha value is -3.28. The molecule has 4 aromatic rings. The molecule has 6 nitrogen and oxygen atoms in total. The van der Waals surface area contributed by atoms with E-state index in [1.54, 1.807) is 13.3 Å². The minimum atomic E-state index is 0.611. The summed E-state index contributed by atoms with van der Waals surface area (Å²) in [6.07, 6.45) is 3.67. The van der Waals surface area contributed by atoms with Gasteiger partial charge in [-0.15, -0.1) is 0 Å². The van der Waals surface area contributed by atoms with Crippen molar-refractivity contribution in [2.75, 3.05) is 12.5 Å². The Balaban J connectivity index is 1.58. The fraction of sp³-hybridized carbons (Fsp3) is 0.0588. The van der Waals surface area contributed by atoms with Crippen molar-refractivity contribution >= 4 is 34.1 Å². The number of nitrogens with one attached hydrogen (secondary N) is 3. The second-order valence-electron chi connectivity index (χ2n) is 5.13. The van der Waals surface area contributed by atoms with Gasteiger partial charge in [0.25, 0.3) is 0 Å². The zero-order chi connectivity index (χ0) is 15.6. The smallest absolute Gasteiger partial charge is 0.222 e. The third-order valence-electron chi connectivity index (χ3n) is 3.68. The van der Waals surface area contributed by atoms with Crippen LogP contribution >= 0.6 is 0 Å². The quantitative estimate of drug-likeness (QED) is 0.399. The average molecular weight is 305 g/mol. The molecule has 0 fully saturated rings. The first-order valence-corrected chi connectivity index (χ1v) is 7.22. The van der Waals surface area contributed by atoms with E-state index in [0.717, 1.165) is 33.2 Å². The number of imidazole rings is 1. The molecule has 4 rings (SSSR count). The van der Waals surface area contributed by atoms with Gasteiger partial charge < -0.3 is 14.7 Å². The third-order valence-corrected chi connectivity index (χ3v) is 3.68. The molecular weight excluding hydrogens is 290 g/mol. The molecule has 0 amide bonds. The molecule has 6 heteroatoms. The predicted octanol–water partition coefficient (Wildman–Crippen LogP) is 3.50. The molecule has 0 saturated heterocycles. The highest BCUT2D eigenvalue weighted by atomic mass is 16.5. The van der Waals surface area contributed by atoms with E-state index >= 15 is 0 Å². The molecule has 0 spiro atoms. The van der Waals surface area contributed by atoms with E-state index in [9.17, 15) is 0 Å². The van der Waals surface area contributed by atoms with Gasteiger partial charge in [-0.1, -0.05) is 12.1 Å². The number of hydrazone groups is 1. The molecule has 3 N–H and O–H groups in total. The zero-order valence-electron chi connectivity index (χ0n) is 12.5. The van der Waals surface area contributed by atoms with Crippen molar-refractivity contribution in [3.05, 3.63) is 54.2 Å². The van der Waals surface area contributed by atoms with Gasteiger partial charge in [0.15, 0.2) is 0 Å². The molecule has 0 aliphatic heterocycles. The number of hydrogen-bond donors (Lipinski definition) is 3. The second kappa shape index (κ2) is 5.49. The summed E-state index contributed by atoms with van der Waals surface area (Å²) < 4.78 is 5.27. The van der Waals surface area contributed by atoms with Crippen LogP contribution in [0.1, 0.15) is 5.56 Å². The summed E-state index contributed by atoms with van der Waals surface area (Å²) in [6.45, 7) is 0. The summed E-state index contributed by atoms with van der Waals surface area (Å²) in [5.74, 6) is 1.43. The van der Waals surface area contributed by atoms with E-state index in [-0.39, 0.29) is 0 Å². The lowest BCUT2D eigenvalue weighted by Crippen LogP contribution is -1.91. The number of rotatable bonds is 4. The number of nitrogens with zero attached hydrogens (tertiary/aromatic N) is 2. The molecule has 0 atom stereocenters. The van der Waals surface area contributed by atoms with Gasteiger partial charge in [-0.25, -0.2) is 10.4 Å². The van der Waals surface area contributed by atoms with Gasteiger partial charge in [-0.2, -0.15) is 5.10 Å². The molecule has 0 radical (unpaired) electrons. The molecule has 114 valence electrons. The SMILES string of the molecule is COc1ccc2[nH]cc(C=NNc3nc4ccccc4[nH]3)c2c1. The molecular formula is C17H15N5O. The third kappa shape index (κ3) is 2.50. The van der Waals surface area contributed by atoms with Crippen molar-refractivity contribution in [2.24, 2.45) is 5.10 Å². The van der Waals surface area contributed by atoms with Crippen molar-refractivity contribution in [2.45, 2.75) is 0 Å². The summed E-state index contributed by atoms with van der Waals surface area (Å²) >= 11 is 0. The lowest BCUT2D eigenvalue weighted by atomic mass is 10.2. The maximum absolute atomic E-state index is 5.27. The van der Waals surface area contributed by atoms with Gasteiger partial charge in [-0.3, -0.25) is 0 Å². The number of methoxy groups -OCH3 is 1. The average Bonchev–Trinajstić information content (AvgIpc) is 3.18. The fourth-order valence-electron chi connectivity index (χ4n) is 2.52.